The topological polar surface area (TPSA) is 50.9 Å². The SMILES string of the molecule is Cc1cccc(C(NN)c2cnccc2C(F)(F)F)c1. The molecule has 20 heavy (non-hydrogen) atoms. The molecular formula is C14H14F3N3. The molecule has 0 bridgehead atoms. The number of benzene rings is 1. The minimum Gasteiger partial charge on any atom is -0.271 e. The number of halogens is 3. The van der Waals surface area contributed by atoms with Crippen molar-refractivity contribution in [2.45, 2.75) is 19.1 Å². The van der Waals surface area contributed by atoms with Gasteiger partial charge in [0.2, 0.25) is 0 Å². The third-order valence-corrected chi connectivity index (χ3v) is 3.01. The predicted octanol–water partition coefficient (Wildman–Crippen LogP) is 2.96. The number of nitrogens with two attached hydrogens (primary N) is 1. The Morgan fingerprint density at radius 3 is 2.60 bits per heavy atom. The van der Waals surface area contributed by atoms with Crippen molar-refractivity contribution in [3.05, 3.63) is 65.0 Å². The van der Waals surface area contributed by atoms with Crippen LogP contribution in [-0.2, 0) is 6.18 Å². The zero-order chi connectivity index (χ0) is 14.8. The van der Waals surface area contributed by atoms with Gasteiger partial charge in [-0.05, 0) is 18.6 Å². The Labute approximate surface area is 114 Å². The summed E-state index contributed by atoms with van der Waals surface area (Å²) in [4.78, 5) is 3.78. The first-order chi connectivity index (χ1) is 9.43. The van der Waals surface area contributed by atoms with E-state index >= 15 is 0 Å². The molecule has 1 atom stereocenters. The molecule has 3 nitrogen and oxygen atoms in total. The van der Waals surface area contributed by atoms with Gasteiger partial charge in [0.15, 0.2) is 0 Å². The highest BCUT2D eigenvalue weighted by molar-refractivity contribution is 5.38. The van der Waals surface area contributed by atoms with Crippen LogP contribution in [0, 0.1) is 6.92 Å². The molecule has 3 N–H and O–H groups in total. The maximum absolute atomic E-state index is 13.0. The first-order valence-corrected chi connectivity index (χ1v) is 5.97. The highest BCUT2D eigenvalue weighted by atomic mass is 19.4. The largest absolute Gasteiger partial charge is 0.416 e. The molecule has 0 aliphatic carbocycles. The molecule has 6 heteroatoms. The second kappa shape index (κ2) is 5.60. The van der Waals surface area contributed by atoms with Gasteiger partial charge >= 0.3 is 6.18 Å². The summed E-state index contributed by atoms with van der Waals surface area (Å²) < 4.78 is 39.1. The summed E-state index contributed by atoms with van der Waals surface area (Å²) in [5.41, 5.74) is 3.31. The quantitative estimate of drug-likeness (QED) is 0.671. The molecule has 0 saturated heterocycles. The van der Waals surface area contributed by atoms with Crippen LogP contribution in [-0.4, -0.2) is 4.98 Å². The summed E-state index contributed by atoms with van der Waals surface area (Å²) in [6, 6.07) is 7.35. The van der Waals surface area contributed by atoms with Gasteiger partial charge in [-0.1, -0.05) is 29.8 Å². The molecule has 2 rings (SSSR count). The van der Waals surface area contributed by atoms with Crippen LogP contribution >= 0.6 is 0 Å². The van der Waals surface area contributed by atoms with Gasteiger partial charge in [-0.25, -0.2) is 5.43 Å². The van der Waals surface area contributed by atoms with Gasteiger partial charge in [-0.2, -0.15) is 13.2 Å². The van der Waals surface area contributed by atoms with Crippen LogP contribution in [0.4, 0.5) is 13.2 Å². The van der Waals surface area contributed by atoms with Gasteiger partial charge in [0, 0.05) is 18.0 Å². The number of hydrogen-bond donors (Lipinski definition) is 2. The van der Waals surface area contributed by atoms with Crippen molar-refractivity contribution in [1.29, 1.82) is 0 Å². The van der Waals surface area contributed by atoms with Crippen LogP contribution in [0.1, 0.15) is 28.3 Å². The zero-order valence-electron chi connectivity index (χ0n) is 10.8. The van der Waals surface area contributed by atoms with E-state index in [9.17, 15) is 13.2 Å². The molecule has 1 aromatic heterocycles. The fraction of sp³-hybridized carbons (Fsp3) is 0.214. The number of nitrogens with one attached hydrogen (secondary N) is 1. The lowest BCUT2D eigenvalue weighted by atomic mass is 9.95. The Balaban J connectivity index is 2.53. The summed E-state index contributed by atoms with van der Waals surface area (Å²) >= 11 is 0. The van der Waals surface area contributed by atoms with E-state index in [1.54, 1.807) is 18.2 Å². The van der Waals surface area contributed by atoms with E-state index in [1.807, 2.05) is 13.0 Å². The van der Waals surface area contributed by atoms with Gasteiger partial charge < -0.3 is 0 Å². The van der Waals surface area contributed by atoms with Gasteiger partial charge in [0.25, 0.3) is 0 Å². The molecule has 1 heterocycles. The fourth-order valence-corrected chi connectivity index (χ4v) is 2.11. The molecule has 0 amide bonds. The van der Waals surface area contributed by atoms with Crippen LogP contribution in [0.2, 0.25) is 0 Å². The summed E-state index contributed by atoms with van der Waals surface area (Å²) in [7, 11) is 0. The summed E-state index contributed by atoms with van der Waals surface area (Å²) in [6.07, 6.45) is -2.14. The Hall–Kier alpha value is -1.92. The highest BCUT2D eigenvalue weighted by Gasteiger charge is 2.35. The van der Waals surface area contributed by atoms with Gasteiger partial charge in [-0.15, -0.1) is 0 Å². The van der Waals surface area contributed by atoms with Crippen molar-refractivity contribution in [3.63, 3.8) is 0 Å². The van der Waals surface area contributed by atoms with E-state index in [1.165, 1.54) is 6.20 Å². The number of hydrogen-bond acceptors (Lipinski definition) is 3. The van der Waals surface area contributed by atoms with Crippen LogP contribution in [0.25, 0.3) is 0 Å². The third-order valence-electron chi connectivity index (χ3n) is 3.01. The Morgan fingerprint density at radius 1 is 1.25 bits per heavy atom. The standard InChI is InChI=1S/C14H14F3N3/c1-9-3-2-4-10(7-9)13(20-18)11-8-19-6-5-12(11)14(15,16)17/h2-8,13,20H,18H2,1H3. The molecule has 0 saturated carbocycles. The number of rotatable bonds is 3. The molecule has 0 aliphatic rings. The number of pyridine rings is 1. The molecule has 0 radical (unpaired) electrons. The second-order valence-electron chi connectivity index (χ2n) is 4.47. The normalized spacial score (nSPS) is 13.2. The monoisotopic (exact) mass is 281 g/mol. The minimum absolute atomic E-state index is 0.00750. The lowest BCUT2D eigenvalue weighted by molar-refractivity contribution is -0.138. The summed E-state index contributed by atoms with van der Waals surface area (Å²) in [5.74, 6) is 5.45. The van der Waals surface area contributed by atoms with Crippen molar-refractivity contribution in [3.8, 4) is 0 Å². The minimum atomic E-state index is -4.45. The molecule has 1 unspecified atom stereocenters. The lowest BCUT2D eigenvalue weighted by Gasteiger charge is -2.21. The lowest BCUT2D eigenvalue weighted by Crippen LogP contribution is -2.30. The molecule has 1 aromatic carbocycles. The Kier molecular flexibility index (Phi) is 4.06. The Bertz CT molecular complexity index is 596. The average Bonchev–Trinajstić information content (AvgIpc) is 2.39. The van der Waals surface area contributed by atoms with E-state index in [4.69, 9.17) is 5.84 Å². The molecule has 0 aliphatic heterocycles. The van der Waals surface area contributed by atoms with Crippen molar-refractivity contribution in [1.82, 2.24) is 10.4 Å². The first kappa shape index (κ1) is 14.5. The van der Waals surface area contributed by atoms with E-state index < -0.39 is 17.8 Å². The Morgan fingerprint density at radius 2 is 2.00 bits per heavy atom. The van der Waals surface area contributed by atoms with E-state index in [0.29, 0.717) is 5.56 Å². The van der Waals surface area contributed by atoms with Crippen molar-refractivity contribution < 1.29 is 13.2 Å². The number of alkyl halides is 3. The van der Waals surface area contributed by atoms with E-state index in [-0.39, 0.29) is 5.56 Å². The molecule has 0 fully saturated rings. The first-order valence-electron chi connectivity index (χ1n) is 5.97. The maximum atomic E-state index is 13.0. The van der Waals surface area contributed by atoms with Crippen molar-refractivity contribution in [2.75, 3.05) is 0 Å². The summed E-state index contributed by atoms with van der Waals surface area (Å²) in [6.45, 7) is 1.87. The molecule has 2 aromatic rings. The van der Waals surface area contributed by atoms with Crippen LogP contribution in [0.5, 0.6) is 0 Å². The average molecular weight is 281 g/mol. The van der Waals surface area contributed by atoms with Gasteiger partial charge in [-0.3, -0.25) is 10.8 Å². The third kappa shape index (κ3) is 2.97. The van der Waals surface area contributed by atoms with Crippen LogP contribution in [0.15, 0.2) is 42.7 Å². The van der Waals surface area contributed by atoms with Crippen molar-refractivity contribution in [2.24, 2.45) is 5.84 Å². The number of aryl methyl sites for hydroxylation is 1. The fourth-order valence-electron chi connectivity index (χ4n) is 2.11. The summed E-state index contributed by atoms with van der Waals surface area (Å²) in [5, 5.41) is 0. The number of nitrogens with zero attached hydrogens (tertiary/aromatic N) is 1. The second-order valence-corrected chi connectivity index (χ2v) is 4.47. The van der Waals surface area contributed by atoms with Crippen LogP contribution in [0.3, 0.4) is 0 Å². The number of aromatic nitrogens is 1. The molecular weight excluding hydrogens is 267 g/mol. The maximum Gasteiger partial charge on any atom is 0.416 e. The highest BCUT2D eigenvalue weighted by Crippen LogP contribution is 2.35. The predicted molar refractivity (Wildman–Crippen MR) is 69.6 cm³/mol. The van der Waals surface area contributed by atoms with E-state index in [0.717, 1.165) is 17.8 Å². The molecule has 106 valence electrons. The van der Waals surface area contributed by atoms with E-state index in [2.05, 4.69) is 10.4 Å². The van der Waals surface area contributed by atoms with Gasteiger partial charge in [0.1, 0.15) is 0 Å². The number of hydrazine groups is 1. The van der Waals surface area contributed by atoms with Crippen LogP contribution < -0.4 is 11.3 Å². The van der Waals surface area contributed by atoms with Crippen molar-refractivity contribution >= 4 is 0 Å². The zero-order valence-corrected chi connectivity index (χ0v) is 10.8. The smallest absolute Gasteiger partial charge is 0.271 e. The van der Waals surface area contributed by atoms with Gasteiger partial charge in [0.05, 0.1) is 11.6 Å². The molecule has 0 spiro atoms.